The van der Waals surface area contributed by atoms with Crippen LogP contribution in [0.3, 0.4) is 0 Å². The molecular formula is C15H20N4O2. The third-order valence-corrected chi connectivity index (χ3v) is 4.14. The van der Waals surface area contributed by atoms with Crippen molar-refractivity contribution in [3.8, 4) is 6.07 Å². The fraction of sp³-hybridized carbons (Fsp3) is 0.533. The minimum Gasteiger partial charge on any atom is -0.369 e. The van der Waals surface area contributed by atoms with Crippen molar-refractivity contribution in [3.05, 3.63) is 33.9 Å². The fourth-order valence-corrected chi connectivity index (χ4v) is 3.00. The molecule has 2 rings (SSSR count). The first-order chi connectivity index (χ1) is 10.1. The second kappa shape index (κ2) is 6.55. The highest BCUT2D eigenvalue weighted by Gasteiger charge is 2.28. The zero-order valence-electron chi connectivity index (χ0n) is 12.5. The zero-order valence-corrected chi connectivity index (χ0v) is 12.5. The second-order valence-corrected chi connectivity index (χ2v) is 5.18. The summed E-state index contributed by atoms with van der Waals surface area (Å²) >= 11 is 0. The highest BCUT2D eigenvalue weighted by Crippen LogP contribution is 2.29. The van der Waals surface area contributed by atoms with Crippen molar-refractivity contribution in [2.24, 2.45) is 0 Å². The lowest BCUT2D eigenvalue weighted by molar-refractivity contribution is -0.384. The van der Waals surface area contributed by atoms with E-state index >= 15 is 0 Å². The molecule has 1 aromatic carbocycles. The van der Waals surface area contributed by atoms with Crippen LogP contribution >= 0.6 is 0 Å². The van der Waals surface area contributed by atoms with E-state index in [1.54, 1.807) is 6.07 Å². The van der Waals surface area contributed by atoms with Crippen LogP contribution in [0.4, 0.5) is 11.4 Å². The van der Waals surface area contributed by atoms with Crippen molar-refractivity contribution in [1.29, 1.82) is 5.26 Å². The first-order valence-electron chi connectivity index (χ1n) is 7.28. The van der Waals surface area contributed by atoms with Gasteiger partial charge < -0.3 is 4.90 Å². The van der Waals surface area contributed by atoms with Crippen LogP contribution in [0.25, 0.3) is 0 Å². The summed E-state index contributed by atoms with van der Waals surface area (Å²) in [6.07, 6.45) is 1.06. The summed E-state index contributed by atoms with van der Waals surface area (Å²) in [4.78, 5) is 14.9. The Labute approximate surface area is 124 Å². The molecule has 0 aromatic heterocycles. The lowest BCUT2D eigenvalue weighted by Crippen LogP contribution is -2.37. The Hall–Kier alpha value is -2.13. The van der Waals surface area contributed by atoms with E-state index in [4.69, 9.17) is 0 Å². The Morgan fingerprint density at radius 2 is 2.19 bits per heavy atom. The lowest BCUT2D eigenvalue weighted by Gasteiger charge is -2.26. The van der Waals surface area contributed by atoms with Gasteiger partial charge in [0.2, 0.25) is 0 Å². The Morgan fingerprint density at radius 3 is 2.76 bits per heavy atom. The van der Waals surface area contributed by atoms with Gasteiger partial charge in [0.15, 0.2) is 0 Å². The second-order valence-electron chi connectivity index (χ2n) is 5.18. The Bertz CT molecular complexity index is 563. The van der Waals surface area contributed by atoms with E-state index < -0.39 is 4.92 Å². The predicted molar refractivity (Wildman–Crippen MR) is 81.4 cm³/mol. The van der Waals surface area contributed by atoms with Crippen LogP contribution in [-0.4, -0.2) is 42.0 Å². The maximum absolute atomic E-state index is 10.8. The number of rotatable bonds is 5. The number of likely N-dealkylation sites (N-methyl/N-ethyl adjacent to an activating group) is 1. The SMILES string of the molecule is CCN(CC)C1CCN(c2ccc([N+](=O)[O-])cc2C#N)C1. The number of hydrogen-bond acceptors (Lipinski definition) is 5. The minimum atomic E-state index is -0.465. The van der Waals surface area contributed by atoms with Gasteiger partial charge in [-0.1, -0.05) is 13.8 Å². The third-order valence-electron chi connectivity index (χ3n) is 4.14. The number of nitro groups is 1. The molecule has 1 fully saturated rings. The lowest BCUT2D eigenvalue weighted by atomic mass is 10.1. The molecule has 0 amide bonds. The molecule has 6 nitrogen and oxygen atoms in total. The van der Waals surface area contributed by atoms with Gasteiger partial charge in [0.25, 0.3) is 5.69 Å². The van der Waals surface area contributed by atoms with Crippen LogP contribution in [0.15, 0.2) is 18.2 Å². The van der Waals surface area contributed by atoms with E-state index in [-0.39, 0.29) is 5.69 Å². The molecule has 1 atom stereocenters. The number of anilines is 1. The largest absolute Gasteiger partial charge is 0.369 e. The van der Waals surface area contributed by atoms with E-state index in [2.05, 4.69) is 29.7 Å². The van der Waals surface area contributed by atoms with Crippen molar-refractivity contribution in [2.75, 3.05) is 31.1 Å². The molecule has 6 heteroatoms. The third kappa shape index (κ3) is 3.14. The Kier molecular flexibility index (Phi) is 4.76. The van der Waals surface area contributed by atoms with Gasteiger partial charge in [0.1, 0.15) is 6.07 Å². The van der Waals surface area contributed by atoms with Crippen LogP contribution in [0.1, 0.15) is 25.8 Å². The molecule has 1 aromatic rings. The molecule has 1 aliphatic rings. The Balaban J connectivity index is 2.20. The van der Waals surface area contributed by atoms with Gasteiger partial charge in [-0.25, -0.2) is 0 Å². The molecule has 112 valence electrons. The van der Waals surface area contributed by atoms with Gasteiger partial charge in [-0.05, 0) is 25.6 Å². The number of nitro benzene ring substituents is 1. The molecular weight excluding hydrogens is 268 g/mol. The Morgan fingerprint density at radius 1 is 1.48 bits per heavy atom. The molecule has 1 aliphatic heterocycles. The summed E-state index contributed by atoms with van der Waals surface area (Å²) in [5.41, 5.74) is 1.15. The summed E-state index contributed by atoms with van der Waals surface area (Å²) in [5, 5.41) is 20.0. The molecule has 0 aliphatic carbocycles. The van der Waals surface area contributed by atoms with Gasteiger partial charge in [-0.15, -0.1) is 0 Å². The fourth-order valence-electron chi connectivity index (χ4n) is 3.00. The quantitative estimate of drug-likeness (QED) is 0.614. The smallest absolute Gasteiger partial charge is 0.270 e. The van der Waals surface area contributed by atoms with E-state index in [1.807, 2.05) is 0 Å². The first-order valence-corrected chi connectivity index (χ1v) is 7.28. The summed E-state index contributed by atoms with van der Waals surface area (Å²) < 4.78 is 0. The van der Waals surface area contributed by atoms with Crippen molar-refractivity contribution in [3.63, 3.8) is 0 Å². The maximum Gasteiger partial charge on any atom is 0.270 e. The summed E-state index contributed by atoms with van der Waals surface area (Å²) in [7, 11) is 0. The number of hydrogen-bond donors (Lipinski definition) is 0. The standard InChI is InChI=1S/C15H20N4O2/c1-3-17(4-2)14-7-8-18(11-14)15-6-5-13(19(20)21)9-12(15)10-16/h5-6,9,14H,3-4,7-8,11H2,1-2H3. The predicted octanol–water partition coefficient (Wildman–Crippen LogP) is 2.39. The molecule has 0 bridgehead atoms. The van der Waals surface area contributed by atoms with Gasteiger partial charge >= 0.3 is 0 Å². The molecule has 0 radical (unpaired) electrons. The summed E-state index contributed by atoms with van der Waals surface area (Å²) in [5.74, 6) is 0. The first kappa shape index (κ1) is 15.3. The van der Waals surface area contributed by atoms with E-state index in [0.29, 0.717) is 11.6 Å². The average molecular weight is 288 g/mol. The highest BCUT2D eigenvalue weighted by molar-refractivity contribution is 5.63. The number of nitrogens with zero attached hydrogens (tertiary/aromatic N) is 4. The van der Waals surface area contributed by atoms with Gasteiger partial charge in [-0.2, -0.15) is 5.26 Å². The molecule has 1 heterocycles. The van der Waals surface area contributed by atoms with Crippen molar-refractivity contribution in [1.82, 2.24) is 4.90 Å². The number of nitriles is 1. The monoisotopic (exact) mass is 288 g/mol. The van der Waals surface area contributed by atoms with Crippen LogP contribution in [0, 0.1) is 21.4 Å². The van der Waals surface area contributed by atoms with Gasteiger partial charge in [0.05, 0.1) is 16.2 Å². The number of benzene rings is 1. The molecule has 0 saturated carbocycles. The van der Waals surface area contributed by atoms with E-state index in [1.165, 1.54) is 12.1 Å². The van der Waals surface area contributed by atoms with Gasteiger partial charge in [-0.3, -0.25) is 15.0 Å². The van der Waals surface area contributed by atoms with Crippen molar-refractivity contribution < 1.29 is 4.92 Å². The van der Waals surface area contributed by atoms with Crippen molar-refractivity contribution >= 4 is 11.4 Å². The van der Waals surface area contributed by atoms with Crippen molar-refractivity contribution in [2.45, 2.75) is 26.3 Å². The van der Waals surface area contributed by atoms with Crippen LogP contribution in [-0.2, 0) is 0 Å². The molecule has 0 spiro atoms. The summed E-state index contributed by atoms with van der Waals surface area (Å²) in [6, 6.07) is 7.10. The molecule has 21 heavy (non-hydrogen) atoms. The van der Waals surface area contributed by atoms with Crippen LogP contribution in [0.2, 0.25) is 0 Å². The van der Waals surface area contributed by atoms with Gasteiger partial charge in [0, 0.05) is 31.3 Å². The van der Waals surface area contributed by atoms with E-state index in [9.17, 15) is 15.4 Å². The van der Waals surface area contributed by atoms with E-state index in [0.717, 1.165) is 38.3 Å². The van der Waals surface area contributed by atoms with Crippen LogP contribution < -0.4 is 4.90 Å². The van der Waals surface area contributed by atoms with Crippen LogP contribution in [0.5, 0.6) is 0 Å². The normalized spacial score (nSPS) is 18.0. The molecule has 1 saturated heterocycles. The topological polar surface area (TPSA) is 73.4 Å². The molecule has 1 unspecified atom stereocenters. The number of non-ortho nitro benzene ring substituents is 1. The average Bonchev–Trinajstić information content (AvgIpc) is 2.97. The highest BCUT2D eigenvalue weighted by atomic mass is 16.6. The zero-order chi connectivity index (χ0) is 15.4. The molecule has 0 N–H and O–H groups in total. The minimum absolute atomic E-state index is 0.0326. The maximum atomic E-state index is 10.8. The summed E-state index contributed by atoms with van der Waals surface area (Å²) in [6.45, 7) is 8.08.